The first-order chi connectivity index (χ1) is 7.55. The molecule has 0 N–H and O–H groups in total. The van der Waals surface area contributed by atoms with Crippen molar-refractivity contribution in [1.29, 1.82) is 0 Å². The number of nitrogens with zero attached hydrogens (tertiary/aromatic N) is 2. The second-order valence-corrected chi connectivity index (χ2v) is 5.43. The summed E-state index contributed by atoms with van der Waals surface area (Å²) in [7, 11) is 0. The maximum atomic E-state index is 4.58. The maximum absolute atomic E-state index is 4.58. The van der Waals surface area contributed by atoms with Gasteiger partial charge < -0.3 is 4.90 Å². The molecule has 2 rings (SSSR count). The lowest BCUT2D eigenvalue weighted by Gasteiger charge is -2.31. The van der Waals surface area contributed by atoms with Gasteiger partial charge in [0.2, 0.25) is 0 Å². The molecular weight excluding hydrogens is 196 g/mol. The van der Waals surface area contributed by atoms with Crippen LogP contribution in [0.2, 0.25) is 0 Å². The summed E-state index contributed by atoms with van der Waals surface area (Å²) in [6, 6.07) is 11.0. The molecule has 0 spiro atoms. The molecule has 16 heavy (non-hydrogen) atoms. The molecular formula is C14H20N2. The molecule has 2 heteroatoms. The van der Waals surface area contributed by atoms with Crippen LogP contribution in [-0.2, 0) is 6.42 Å². The smallest absolute Gasteiger partial charge is 0.0859 e. The summed E-state index contributed by atoms with van der Waals surface area (Å²) in [5.41, 5.74) is 1.56. The first-order valence-corrected chi connectivity index (χ1v) is 5.90. The Morgan fingerprint density at radius 2 is 1.94 bits per heavy atom. The van der Waals surface area contributed by atoms with Crippen molar-refractivity contribution >= 4 is 6.34 Å². The van der Waals surface area contributed by atoms with Crippen LogP contribution in [-0.4, -0.2) is 29.4 Å². The van der Waals surface area contributed by atoms with E-state index in [9.17, 15) is 0 Å². The Morgan fingerprint density at radius 3 is 2.50 bits per heavy atom. The van der Waals surface area contributed by atoms with E-state index in [1.54, 1.807) is 0 Å². The average Bonchev–Trinajstić information content (AvgIpc) is 2.67. The number of hydrogen-bond donors (Lipinski definition) is 0. The van der Waals surface area contributed by atoms with Gasteiger partial charge in [0, 0.05) is 12.1 Å². The predicted octanol–water partition coefficient (Wildman–Crippen LogP) is 2.74. The zero-order chi connectivity index (χ0) is 11.6. The Kier molecular flexibility index (Phi) is 2.99. The van der Waals surface area contributed by atoms with E-state index in [0.29, 0.717) is 6.04 Å². The molecule has 0 aromatic heterocycles. The third-order valence-corrected chi connectivity index (χ3v) is 3.00. The van der Waals surface area contributed by atoms with Crippen molar-refractivity contribution in [2.45, 2.75) is 38.8 Å². The quantitative estimate of drug-likeness (QED) is 0.742. The van der Waals surface area contributed by atoms with Crippen molar-refractivity contribution in [3.05, 3.63) is 35.9 Å². The normalized spacial score (nSPS) is 20.4. The predicted molar refractivity (Wildman–Crippen MR) is 68.9 cm³/mol. The number of aliphatic imine (C=N–C) groups is 1. The largest absolute Gasteiger partial charge is 0.356 e. The van der Waals surface area contributed by atoms with Gasteiger partial charge in [0.15, 0.2) is 0 Å². The van der Waals surface area contributed by atoms with Gasteiger partial charge in [-0.2, -0.15) is 0 Å². The summed E-state index contributed by atoms with van der Waals surface area (Å²) in [5, 5.41) is 0. The molecule has 0 saturated heterocycles. The molecule has 2 nitrogen and oxygen atoms in total. The highest BCUT2D eigenvalue weighted by Gasteiger charge is 2.25. The highest BCUT2D eigenvalue weighted by Crippen LogP contribution is 2.18. The van der Waals surface area contributed by atoms with Gasteiger partial charge in [-0.25, -0.2) is 0 Å². The van der Waals surface area contributed by atoms with E-state index >= 15 is 0 Å². The van der Waals surface area contributed by atoms with E-state index in [4.69, 9.17) is 0 Å². The summed E-state index contributed by atoms with van der Waals surface area (Å²) in [5.74, 6) is 0. The lowest BCUT2D eigenvalue weighted by molar-refractivity contribution is 0.251. The standard InChI is InChI=1S/C14H20N2/c1-14(2,3)16-10-13(15-11-16)9-12-7-5-4-6-8-12/h4-8,11,13H,9-10H2,1-3H3/t13-/m0/s1. The van der Waals surface area contributed by atoms with Crippen LogP contribution in [0, 0.1) is 0 Å². The molecule has 1 heterocycles. The molecule has 1 aliphatic rings. The van der Waals surface area contributed by atoms with Gasteiger partial charge >= 0.3 is 0 Å². The molecule has 1 atom stereocenters. The number of benzene rings is 1. The van der Waals surface area contributed by atoms with E-state index in [2.05, 4.69) is 61.0 Å². The number of rotatable bonds is 2. The Balaban J connectivity index is 1.94. The Labute approximate surface area is 98.0 Å². The molecule has 1 aliphatic heterocycles. The molecule has 0 amide bonds. The maximum Gasteiger partial charge on any atom is 0.0859 e. The highest BCUT2D eigenvalue weighted by molar-refractivity contribution is 5.59. The second-order valence-electron chi connectivity index (χ2n) is 5.43. The topological polar surface area (TPSA) is 15.6 Å². The van der Waals surface area contributed by atoms with E-state index < -0.39 is 0 Å². The summed E-state index contributed by atoms with van der Waals surface area (Å²) in [6.45, 7) is 7.72. The Morgan fingerprint density at radius 1 is 1.25 bits per heavy atom. The van der Waals surface area contributed by atoms with Gasteiger partial charge in [-0.1, -0.05) is 30.3 Å². The third-order valence-electron chi connectivity index (χ3n) is 3.00. The molecule has 0 saturated carbocycles. The van der Waals surface area contributed by atoms with Crippen molar-refractivity contribution < 1.29 is 0 Å². The van der Waals surface area contributed by atoms with Crippen molar-refractivity contribution in [3.8, 4) is 0 Å². The second kappa shape index (κ2) is 4.28. The SMILES string of the molecule is CC(C)(C)N1C=N[C@@H](Cc2ccccc2)C1. The van der Waals surface area contributed by atoms with Crippen molar-refractivity contribution in [1.82, 2.24) is 4.90 Å². The van der Waals surface area contributed by atoms with Gasteiger partial charge in [-0.15, -0.1) is 0 Å². The van der Waals surface area contributed by atoms with Crippen LogP contribution in [0.15, 0.2) is 35.3 Å². The summed E-state index contributed by atoms with van der Waals surface area (Å²) in [6.07, 6.45) is 3.05. The van der Waals surface area contributed by atoms with Crippen LogP contribution in [0.3, 0.4) is 0 Å². The molecule has 0 bridgehead atoms. The fourth-order valence-corrected chi connectivity index (χ4v) is 1.95. The van der Waals surface area contributed by atoms with Gasteiger partial charge in [0.1, 0.15) is 0 Å². The van der Waals surface area contributed by atoms with Crippen molar-refractivity contribution in [3.63, 3.8) is 0 Å². The minimum absolute atomic E-state index is 0.189. The van der Waals surface area contributed by atoms with Crippen LogP contribution in [0.1, 0.15) is 26.3 Å². The van der Waals surface area contributed by atoms with Crippen LogP contribution >= 0.6 is 0 Å². The summed E-state index contributed by atoms with van der Waals surface area (Å²) < 4.78 is 0. The van der Waals surface area contributed by atoms with Gasteiger partial charge in [0.05, 0.1) is 12.4 Å². The minimum atomic E-state index is 0.189. The highest BCUT2D eigenvalue weighted by atomic mass is 15.3. The summed E-state index contributed by atoms with van der Waals surface area (Å²) in [4.78, 5) is 6.90. The van der Waals surface area contributed by atoms with Crippen LogP contribution < -0.4 is 0 Å². The van der Waals surface area contributed by atoms with Gasteiger partial charge in [-0.3, -0.25) is 4.99 Å². The fraction of sp³-hybridized carbons (Fsp3) is 0.500. The van der Waals surface area contributed by atoms with Crippen LogP contribution in [0.4, 0.5) is 0 Å². The molecule has 0 unspecified atom stereocenters. The van der Waals surface area contributed by atoms with Crippen LogP contribution in [0.5, 0.6) is 0 Å². The van der Waals surface area contributed by atoms with E-state index in [1.807, 2.05) is 6.34 Å². The van der Waals surface area contributed by atoms with Crippen LogP contribution in [0.25, 0.3) is 0 Å². The Hall–Kier alpha value is -1.31. The van der Waals surface area contributed by atoms with E-state index in [0.717, 1.165) is 13.0 Å². The molecule has 0 fully saturated rings. The summed E-state index contributed by atoms with van der Waals surface area (Å²) >= 11 is 0. The lowest BCUT2D eigenvalue weighted by Crippen LogP contribution is -2.40. The first kappa shape index (κ1) is 11.2. The van der Waals surface area contributed by atoms with Gasteiger partial charge in [-0.05, 0) is 32.8 Å². The molecule has 0 aliphatic carbocycles. The lowest BCUT2D eigenvalue weighted by atomic mass is 10.0. The minimum Gasteiger partial charge on any atom is -0.356 e. The van der Waals surface area contributed by atoms with Crippen molar-refractivity contribution in [2.75, 3.05) is 6.54 Å². The zero-order valence-electron chi connectivity index (χ0n) is 10.4. The first-order valence-electron chi connectivity index (χ1n) is 5.90. The molecule has 86 valence electrons. The van der Waals surface area contributed by atoms with E-state index in [1.165, 1.54) is 5.56 Å². The molecule has 0 radical (unpaired) electrons. The zero-order valence-corrected chi connectivity index (χ0v) is 10.4. The van der Waals surface area contributed by atoms with Crippen molar-refractivity contribution in [2.24, 2.45) is 4.99 Å². The van der Waals surface area contributed by atoms with E-state index in [-0.39, 0.29) is 5.54 Å². The fourth-order valence-electron chi connectivity index (χ4n) is 1.95. The average molecular weight is 216 g/mol. The molecule has 1 aromatic rings. The third kappa shape index (κ3) is 2.63. The Bertz CT molecular complexity index is 362. The van der Waals surface area contributed by atoms with Gasteiger partial charge in [0.25, 0.3) is 0 Å². The number of hydrogen-bond acceptors (Lipinski definition) is 2. The molecule has 1 aromatic carbocycles. The monoisotopic (exact) mass is 216 g/mol.